The highest BCUT2D eigenvalue weighted by molar-refractivity contribution is 9.10. The number of hydrogen-bond donors (Lipinski definition) is 1. The van der Waals surface area contributed by atoms with Crippen LogP contribution < -0.4 is 10.2 Å². The zero-order valence-corrected chi connectivity index (χ0v) is 13.7. The normalized spacial score (nSPS) is 15.9. The van der Waals surface area contributed by atoms with Crippen molar-refractivity contribution in [1.29, 1.82) is 0 Å². The van der Waals surface area contributed by atoms with Crippen molar-refractivity contribution in [2.75, 3.05) is 25.0 Å². The first kappa shape index (κ1) is 14.9. The van der Waals surface area contributed by atoms with Crippen molar-refractivity contribution in [3.8, 4) is 0 Å². The standard InChI is InChI=1S/C16H25BrN2/c1-3-18-11-14-8-9-15(10-16(14)17)19(2)12-13-6-4-5-7-13/h8-10,13,18H,3-7,11-12H2,1-2H3. The van der Waals surface area contributed by atoms with Crippen molar-refractivity contribution < 1.29 is 0 Å². The molecule has 1 N–H and O–H groups in total. The molecule has 0 bridgehead atoms. The Kier molecular flexibility index (Phi) is 5.71. The molecule has 0 aliphatic heterocycles. The fourth-order valence-electron chi connectivity index (χ4n) is 2.86. The molecule has 3 heteroatoms. The van der Waals surface area contributed by atoms with Gasteiger partial charge in [0.15, 0.2) is 0 Å². The zero-order valence-electron chi connectivity index (χ0n) is 12.1. The first-order chi connectivity index (χ1) is 9.20. The van der Waals surface area contributed by atoms with Crippen molar-refractivity contribution in [3.05, 3.63) is 28.2 Å². The number of benzene rings is 1. The molecule has 0 atom stereocenters. The quantitative estimate of drug-likeness (QED) is 0.844. The Morgan fingerprint density at radius 1 is 1.32 bits per heavy atom. The van der Waals surface area contributed by atoms with E-state index in [9.17, 15) is 0 Å². The van der Waals surface area contributed by atoms with Gasteiger partial charge in [0.1, 0.15) is 0 Å². The Hall–Kier alpha value is -0.540. The molecule has 0 saturated heterocycles. The average molecular weight is 325 g/mol. The summed E-state index contributed by atoms with van der Waals surface area (Å²) in [4.78, 5) is 2.40. The Morgan fingerprint density at radius 2 is 2.05 bits per heavy atom. The molecule has 0 amide bonds. The van der Waals surface area contributed by atoms with Gasteiger partial charge in [-0.3, -0.25) is 0 Å². The number of nitrogens with zero attached hydrogens (tertiary/aromatic N) is 1. The molecule has 1 aliphatic carbocycles. The van der Waals surface area contributed by atoms with Gasteiger partial charge in [0.05, 0.1) is 0 Å². The van der Waals surface area contributed by atoms with E-state index in [1.54, 1.807) is 0 Å². The van der Waals surface area contributed by atoms with E-state index in [-0.39, 0.29) is 0 Å². The van der Waals surface area contributed by atoms with Gasteiger partial charge in [-0.2, -0.15) is 0 Å². The second-order valence-electron chi connectivity index (χ2n) is 5.59. The van der Waals surface area contributed by atoms with E-state index >= 15 is 0 Å². The molecule has 2 rings (SSSR count). The Bertz CT molecular complexity index is 400. The van der Waals surface area contributed by atoms with Crippen LogP contribution in [0.1, 0.15) is 38.2 Å². The summed E-state index contributed by atoms with van der Waals surface area (Å²) in [6.45, 7) is 5.27. The van der Waals surface area contributed by atoms with Crippen LogP contribution in [-0.4, -0.2) is 20.1 Å². The molecule has 0 radical (unpaired) electrons. The lowest BCUT2D eigenvalue weighted by molar-refractivity contribution is 0.547. The third-order valence-corrected chi connectivity index (χ3v) is 4.79. The molecular formula is C16H25BrN2. The van der Waals surface area contributed by atoms with Crippen LogP contribution in [0.15, 0.2) is 22.7 Å². The molecule has 0 spiro atoms. The zero-order chi connectivity index (χ0) is 13.7. The van der Waals surface area contributed by atoms with Crippen LogP contribution in [0, 0.1) is 5.92 Å². The maximum atomic E-state index is 3.69. The SMILES string of the molecule is CCNCc1ccc(N(C)CC2CCCC2)cc1Br. The molecule has 1 fully saturated rings. The van der Waals surface area contributed by atoms with E-state index in [2.05, 4.69) is 58.3 Å². The number of rotatable bonds is 6. The van der Waals surface area contributed by atoms with E-state index < -0.39 is 0 Å². The molecule has 1 aromatic rings. The van der Waals surface area contributed by atoms with Crippen LogP contribution in [0.4, 0.5) is 5.69 Å². The maximum Gasteiger partial charge on any atom is 0.0375 e. The maximum absolute atomic E-state index is 3.69. The molecule has 1 saturated carbocycles. The van der Waals surface area contributed by atoms with E-state index in [1.807, 2.05) is 0 Å². The lowest BCUT2D eigenvalue weighted by atomic mass is 10.1. The van der Waals surface area contributed by atoms with Crippen molar-refractivity contribution in [3.63, 3.8) is 0 Å². The van der Waals surface area contributed by atoms with Crippen molar-refractivity contribution >= 4 is 21.6 Å². The van der Waals surface area contributed by atoms with E-state index in [4.69, 9.17) is 0 Å². The van der Waals surface area contributed by atoms with E-state index in [1.165, 1.54) is 48.0 Å². The van der Waals surface area contributed by atoms with Crippen LogP contribution >= 0.6 is 15.9 Å². The van der Waals surface area contributed by atoms with Crippen molar-refractivity contribution in [2.45, 2.75) is 39.2 Å². The number of nitrogens with one attached hydrogen (secondary N) is 1. The van der Waals surface area contributed by atoms with Gasteiger partial charge < -0.3 is 10.2 Å². The van der Waals surface area contributed by atoms with Crippen LogP contribution in [0.2, 0.25) is 0 Å². The summed E-state index contributed by atoms with van der Waals surface area (Å²) < 4.78 is 1.21. The molecular weight excluding hydrogens is 300 g/mol. The van der Waals surface area contributed by atoms with Crippen molar-refractivity contribution in [1.82, 2.24) is 5.32 Å². The molecule has 19 heavy (non-hydrogen) atoms. The molecule has 1 aromatic carbocycles. The fourth-order valence-corrected chi connectivity index (χ4v) is 3.37. The molecule has 0 heterocycles. The highest BCUT2D eigenvalue weighted by atomic mass is 79.9. The van der Waals surface area contributed by atoms with Crippen molar-refractivity contribution in [2.24, 2.45) is 5.92 Å². The van der Waals surface area contributed by atoms with Gasteiger partial charge in [-0.1, -0.05) is 41.8 Å². The van der Waals surface area contributed by atoms with Crippen LogP contribution in [0.25, 0.3) is 0 Å². The van der Waals surface area contributed by atoms with Gasteiger partial charge in [-0.05, 0) is 43.0 Å². The molecule has 0 unspecified atom stereocenters. The summed E-state index contributed by atoms with van der Waals surface area (Å²) in [6.07, 6.45) is 5.65. The monoisotopic (exact) mass is 324 g/mol. The van der Waals surface area contributed by atoms with Gasteiger partial charge in [-0.25, -0.2) is 0 Å². The predicted molar refractivity (Wildman–Crippen MR) is 86.8 cm³/mol. The lowest BCUT2D eigenvalue weighted by Crippen LogP contribution is -2.24. The Labute approximate surface area is 125 Å². The van der Waals surface area contributed by atoms with Crippen LogP contribution in [0.3, 0.4) is 0 Å². The summed E-state index contributed by atoms with van der Waals surface area (Å²) >= 11 is 3.69. The lowest BCUT2D eigenvalue weighted by Gasteiger charge is -2.23. The first-order valence-corrected chi connectivity index (χ1v) is 8.20. The molecule has 1 aliphatic rings. The first-order valence-electron chi connectivity index (χ1n) is 7.41. The van der Waals surface area contributed by atoms with Gasteiger partial charge in [-0.15, -0.1) is 0 Å². The second-order valence-corrected chi connectivity index (χ2v) is 6.44. The summed E-state index contributed by atoms with van der Waals surface area (Å²) in [5.41, 5.74) is 2.65. The van der Waals surface area contributed by atoms with E-state index in [0.29, 0.717) is 0 Å². The predicted octanol–water partition coefficient (Wildman–Crippen LogP) is 4.19. The average Bonchev–Trinajstić information content (AvgIpc) is 2.90. The largest absolute Gasteiger partial charge is 0.374 e. The topological polar surface area (TPSA) is 15.3 Å². The second kappa shape index (κ2) is 7.30. The smallest absolute Gasteiger partial charge is 0.0375 e. The minimum atomic E-state index is 0.894. The van der Waals surface area contributed by atoms with Gasteiger partial charge in [0.2, 0.25) is 0 Å². The minimum absolute atomic E-state index is 0.894. The van der Waals surface area contributed by atoms with Gasteiger partial charge in [0, 0.05) is 30.3 Å². The van der Waals surface area contributed by atoms with Gasteiger partial charge in [0.25, 0.3) is 0 Å². The van der Waals surface area contributed by atoms with Crippen LogP contribution in [0.5, 0.6) is 0 Å². The molecule has 0 aromatic heterocycles. The van der Waals surface area contributed by atoms with E-state index in [0.717, 1.165) is 19.0 Å². The highest BCUT2D eigenvalue weighted by Gasteiger charge is 2.17. The minimum Gasteiger partial charge on any atom is -0.374 e. The van der Waals surface area contributed by atoms with Crippen LogP contribution in [-0.2, 0) is 6.54 Å². The summed E-state index contributed by atoms with van der Waals surface area (Å²) in [5, 5.41) is 3.37. The highest BCUT2D eigenvalue weighted by Crippen LogP contribution is 2.28. The Balaban J connectivity index is 1.97. The molecule has 106 valence electrons. The fraction of sp³-hybridized carbons (Fsp3) is 0.625. The third kappa shape index (κ3) is 4.22. The number of halogens is 1. The summed E-state index contributed by atoms with van der Waals surface area (Å²) in [6, 6.07) is 6.72. The Morgan fingerprint density at radius 3 is 2.68 bits per heavy atom. The summed E-state index contributed by atoms with van der Waals surface area (Å²) in [7, 11) is 2.21. The number of hydrogen-bond acceptors (Lipinski definition) is 2. The summed E-state index contributed by atoms with van der Waals surface area (Å²) in [5.74, 6) is 0.894. The molecule has 2 nitrogen and oxygen atoms in total. The van der Waals surface area contributed by atoms with Gasteiger partial charge >= 0.3 is 0 Å². The number of anilines is 1. The third-order valence-electron chi connectivity index (χ3n) is 4.05.